The Kier molecular flexibility index (Phi) is 8.07. The molecule has 0 saturated heterocycles. The molecule has 0 aliphatic rings. The molecule has 0 aliphatic carbocycles. The first-order valence-corrected chi connectivity index (χ1v) is 11.5. The fourth-order valence-corrected chi connectivity index (χ4v) is 4.54. The Balaban J connectivity index is 2.30. The summed E-state index contributed by atoms with van der Waals surface area (Å²) in [5.41, 5.74) is 0.882. The average Bonchev–Trinajstić information content (AvgIpc) is 2.59. The fraction of sp³-hybridized carbons (Fsp3) is 0.235. The normalized spacial score (nSPS) is 11.2. The molecule has 0 atom stereocenters. The fourth-order valence-electron chi connectivity index (χ4n) is 2.02. The predicted octanol–water partition coefficient (Wildman–Crippen LogP) is 6.03. The Morgan fingerprint density at radius 2 is 1.77 bits per heavy atom. The number of anilines is 1. The number of amides is 1. The third-order valence-corrected chi connectivity index (χ3v) is 6.26. The lowest BCUT2D eigenvalue weighted by Crippen LogP contribution is -2.14. The van der Waals surface area contributed by atoms with Gasteiger partial charge in [-0.05, 0) is 56.3 Å². The molecule has 0 heterocycles. The molecule has 140 valence electrons. The van der Waals surface area contributed by atoms with E-state index in [0.717, 1.165) is 4.47 Å². The van der Waals surface area contributed by atoms with E-state index in [0.29, 0.717) is 23.9 Å². The summed E-state index contributed by atoms with van der Waals surface area (Å²) in [7, 11) is 0. The van der Waals surface area contributed by atoms with Crippen LogP contribution in [0, 0.1) is 0 Å². The number of hydrogen-bond acceptors (Lipinski definition) is 5. The van der Waals surface area contributed by atoms with Crippen LogP contribution < -0.4 is 9.84 Å². The van der Waals surface area contributed by atoms with Crippen LogP contribution in [0.25, 0.3) is 0 Å². The van der Waals surface area contributed by atoms with E-state index in [9.17, 15) is 4.79 Å². The van der Waals surface area contributed by atoms with E-state index >= 15 is 0 Å². The van der Waals surface area contributed by atoms with Crippen LogP contribution in [0.4, 0.5) is 5.69 Å². The Morgan fingerprint density at radius 3 is 2.35 bits per heavy atom. The van der Waals surface area contributed by atoms with Gasteiger partial charge in [0.2, 0.25) is 0 Å². The van der Waals surface area contributed by atoms with Gasteiger partial charge >= 0.3 is 6.72 Å². The molecule has 9 heteroatoms. The minimum Gasteiger partial charge on any atom is -0.423 e. The van der Waals surface area contributed by atoms with Crippen molar-refractivity contribution in [2.75, 3.05) is 18.5 Å². The van der Waals surface area contributed by atoms with Gasteiger partial charge in [0.1, 0.15) is 5.75 Å². The smallest absolute Gasteiger partial charge is 0.380 e. The molecule has 2 aromatic carbocycles. The maximum absolute atomic E-state index is 12.7. The van der Waals surface area contributed by atoms with E-state index in [1.54, 1.807) is 38.1 Å². The van der Waals surface area contributed by atoms with Crippen LogP contribution in [0.5, 0.6) is 5.75 Å². The van der Waals surface area contributed by atoms with Crippen molar-refractivity contribution in [2.45, 2.75) is 13.8 Å². The number of halogens is 2. The van der Waals surface area contributed by atoms with Gasteiger partial charge in [0.15, 0.2) is 0 Å². The van der Waals surface area contributed by atoms with Gasteiger partial charge < -0.3 is 9.84 Å². The second-order valence-corrected chi connectivity index (χ2v) is 9.26. The number of nitrogens with one attached hydrogen (secondary N) is 1. The average molecular weight is 479 g/mol. The quantitative estimate of drug-likeness (QED) is 0.469. The highest BCUT2D eigenvalue weighted by molar-refractivity contribution is 9.10. The van der Waals surface area contributed by atoms with E-state index in [1.165, 1.54) is 6.07 Å². The number of carbonyl (C=O) groups excluding carboxylic acids is 1. The van der Waals surface area contributed by atoms with Crippen LogP contribution in [0.1, 0.15) is 24.2 Å². The molecular formula is C17H18BrClNO4PS. The largest absolute Gasteiger partial charge is 0.423 e. The molecule has 0 spiro atoms. The lowest BCUT2D eigenvalue weighted by atomic mass is 10.2. The van der Waals surface area contributed by atoms with E-state index in [2.05, 4.69) is 21.2 Å². The Labute approximate surface area is 171 Å². The molecule has 0 radical (unpaired) electrons. The van der Waals surface area contributed by atoms with Crippen molar-refractivity contribution in [3.8, 4) is 5.75 Å². The maximum Gasteiger partial charge on any atom is 0.380 e. The predicted molar refractivity (Wildman–Crippen MR) is 112 cm³/mol. The monoisotopic (exact) mass is 477 g/mol. The molecule has 26 heavy (non-hydrogen) atoms. The molecule has 2 aromatic rings. The van der Waals surface area contributed by atoms with Gasteiger partial charge in [-0.25, -0.2) is 0 Å². The van der Waals surface area contributed by atoms with Gasteiger partial charge in [-0.2, -0.15) is 0 Å². The van der Waals surface area contributed by atoms with Crippen LogP contribution in [0.15, 0.2) is 46.9 Å². The van der Waals surface area contributed by atoms with Gasteiger partial charge in [-0.1, -0.05) is 27.5 Å². The molecule has 0 unspecified atom stereocenters. The molecule has 0 saturated carbocycles. The number of benzene rings is 2. The second-order valence-electron chi connectivity index (χ2n) is 4.98. The number of rotatable bonds is 8. The molecule has 1 N–H and O–H groups in total. The topological polar surface area (TPSA) is 56.8 Å². The molecule has 0 aliphatic heterocycles. The highest BCUT2D eigenvalue weighted by Crippen LogP contribution is 2.50. The zero-order valence-electron chi connectivity index (χ0n) is 14.2. The third kappa shape index (κ3) is 6.05. The minimum atomic E-state index is -3.01. The zero-order valence-corrected chi connectivity index (χ0v) is 18.3. The Hall–Kier alpha value is -0.950. The van der Waals surface area contributed by atoms with E-state index < -0.39 is 6.72 Å². The van der Waals surface area contributed by atoms with Gasteiger partial charge in [0.25, 0.3) is 5.91 Å². The molecule has 0 bridgehead atoms. The van der Waals surface area contributed by atoms with Crippen molar-refractivity contribution in [3.63, 3.8) is 0 Å². The molecule has 1 amide bonds. The van der Waals surface area contributed by atoms with Gasteiger partial charge in [-0.15, -0.1) is 0 Å². The minimum absolute atomic E-state index is 0.244. The van der Waals surface area contributed by atoms with Crippen LogP contribution in [-0.2, 0) is 20.9 Å². The van der Waals surface area contributed by atoms with E-state index in [-0.39, 0.29) is 17.2 Å². The number of carbonyl (C=O) groups is 1. The first-order valence-electron chi connectivity index (χ1n) is 7.82. The summed E-state index contributed by atoms with van der Waals surface area (Å²) in [6, 6.07) is 11.9. The van der Waals surface area contributed by atoms with Crippen LogP contribution in [0.2, 0.25) is 5.02 Å². The summed E-state index contributed by atoms with van der Waals surface area (Å²) in [5.74, 6) is -0.117. The van der Waals surface area contributed by atoms with Crippen LogP contribution >= 0.6 is 34.2 Å². The Morgan fingerprint density at radius 1 is 1.15 bits per heavy atom. The van der Waals surface area contributed by atoms with E-state index in [1.807, 2.05) is 12.1 Å². The van der Waals surface area contributed by atoms with Gasteiger partial charge in [-0.3, -0.25) is 13.8 Å². The second kappa shape index (κ2) is 9.83. The van der Waals surface area contributed by atoms with Crippen molar-refractivity contribution in [1.82, 2.24) is 0 Å². The highest BCUT2D eigenvalue weighted by Gasteiger charge is 2.24. The summed E-state index contributed by atoms with van der Waals surface area (Å²) in [4.78, 5) is 12.7. The standard InChI is InChI=1S/C17H18BrClNO4PS/c1-3-22-25(26,23-4-2)24-16-10-7-13(19)11-15(16)17(21)20-14-8-5-12(18)6-9-14/h5-11H,3-4H2,1-2H3,(H,20,21). The summed E-state index contributed by atoms with van der Waals surface area (Å²) in [6.07, 6.45) is 0. The third-order valence-electron chi connectivity index (χ3n) is 3.07. The van der Waals surface area contributed by atoms with Gasteiger partial charge in [0.05, 0.1) is 18.8 Å². The summed E-state index contributed by atoms with van der Waals surface area (Å²) in [6.45, 7) is 1.27. The van der Waals surface area contributed by atoms with Crippen molar-refractivity contribution in [3.05, 3.63) is 57.5 Å². The van der Waals surface area contributed by atoms with E-state index in [4.69, 9.17) is 37.0 Å². The molecule has 0 fully saturated rings. The van der Waals surface area contributed by atoms with Crippen LogP contribution in [-0.4, -0.2) is 19.1 Å². The number of hydrogen-bond donors (Lipinski definition) is 1. The van der Waals surface area contributed by atoms with Crippen LogP contribution in [0.3, 0.4) is 0 Å². The molecular weight excluding hydrogens is 461 g/mol. The lowest BCUT2D eigenvalue weighted by Gasteiger charge is -2.22. The van der Waals surface area contributed by atoms with Crippen molar-refractivity contribution < 1.29 is 18.4 Å². The summed E-state index contributed by atoms with van der Waals surface area (Å²) < 4.78 is 17.7. The summed E-state index contributed by atoms with van der Waals surface area (Å²) in [5, 5.41) is 3.20. The summed E-state index contributed by atoms with van der Waals surface area (Å²) >= 11 is 14.8. The first-order chi connectivity index (χ1) is 12.4. The Bertz CT molecular complexity index is 809. The van der Waals surface area contributed by atoms with Crippen molar-refractivity contribution >= 4 is 57.7 Å². The SMILES string of the molecule is CCOP(=S)(OCC)Oc1ccc(Cl)cc1C(=O)Nc1ccc(Br)cc1. The zero-order chi connectivity index (χ0) is 19.2. The lowest BCUT2D eigenvalue weighted by molar-refractivity contribution is 0.102. The maximum atomic E-state index is 12.7. The highest BCUT2D eigenvalue weighted by atomic mass is 79.9. The van der Waals surface area contributed by atoms with Crippen molar-refractivity contribution in [2.24, 2.45) is 0 Å². The molecule has 0 aromatic heterocycles. The molecule has 5 nitrogen and oxygen atoms in total. The molecule has 2 rings (SSSR count). The van der Waals surface area contributed by atoms with Crippen molar-refractivity contribution in [1.29, 1.82) is 0 Å². The van der Waals surface area contributed by atoms with Gasteiger partial charge in [0, 0.05) is 27.0 Å². The first kappa shape index (κ1) is 21.4.